The van der Waals surface area contributed by atoms with Gasteiger partial charge in [0.05, 0.1) is 11.6 Å². The standard InChI is InChI=1S/C22H17N3O2/c23-13-16-3-6-19(7-4-16)27-20-8-5-18-9-11-25(22(26)21(18)12-20)15-17-2-1-10-24-14-17/h1-8,10,12,14H,9,11,15H2. The van der Waals surface area contributed by atoms with Crippen molar-refractivity contribution in [1.82, 2.24) is 9.88 Å². The van der Waals surface area contributed by atoms with Crippen molar-refractivity contribution in [3.63, 3.8) is 0 Å². The van der Waals surface area contributed by atoms with Crippen molar-refractivity contribution >= 4 is 5.91 Å². The second-order valence-electron chi connectivity index (χ2n) is 6.40. The Kier molecular flexibility index (Phi) is 4.54. The van der Waals surface area contributed by atoms with Crippen molar-refractivity contribution in [2.24, 2.45) is 0 Å². The summed E-state index contributed by atoms with van der Waals surface area (Å²) in [4.78, 5) is 18.9. The van der Waals surface area contributed by atoms with Crippen molar-refractivity contribution in [1.29, 1.82) is 5.26 Å². The van der Waals surface area contributed by atoms with Crippen molar-refractivity contribution in [2.75, 3.05) is 6.54 Å². The number of amides is 1. The van der Waals surface area contributed by atoms with Gasteiger partial charge in [-0.15, -0.1) is 0 Å². The molecular formula is C22H17N3O2. The predicted molar refractivity (Wildman–Crippen MR) is 100 cm³/mol. The number of nitriles is 1. The van der Waals surface area contributed by atoms with Crippen LogP contribution in [0.2, 0.25) is 0 Å². The van der Waals surface area contributed by atoms with Gasteiger partial charge in [0.2, 0.25) is 0 Å². The van der Waals surface area contributed by atoms with E-state index < -0.39 is 0 Å². The van der Waals surface area contributed by atoms with E-state index in [2.05, 4.69) is 11.1 Å². The van der Waals surface area contributed by atoms with Gasteiger partial charge in [-0.2, -0.15) is 5.26 Å². The molecule has 1 aliphatic rings. The fraction of sp³-hybridized carbons (Fsp3) is 0.136. The first kappa shape index (κ1) is 16.8. The quantitative estimate of drug-likeness (QED) is 0.711. The molecule has 0 aliphatic carbocycles. The Bertz CT molecular complexity index is 1010. The van der Waals surface area contributed by atoms with Gasteiger partial charge in [0.25, 0.3) is 5.91 Å². The minimum Gasteiger partial charge on any atom is -0.457 e. The Morgan fingerprint density at radius 1 is 1.11 bits per heavy atom. The monoisotopic (exact) mass is 355 g/mol. The van der Waals surface area contributed by atoms with Crippen LogP contribution in [0.5, 0.6) is 11.5 Å². The van der Waals surface area contributed by atoms with Crippen LogP contribution in [-0.2, 0) is 13.0 Å². The van der Waals surface area contributed by atoms with Crippen LogP contribution in [0.25, 0.3) is 0 Å². The molecule has 5 heteroatoms. The zero-order chi connectivity index (χ0) is 18.6. The summed E-state index contributed by atoms with van der Waals surface area (Å²) in [6, 6.07) is 18.4. The van der Waals surface area contributed by atoms with Gasteiger partial charge in [-0.05, 0) is 60.0 Å². The van der Waals surface area contributed by atoms with E-state index in [-0.39, 0.29) is 5.91 Å². The van der Waals surface area contributed by atoms with Crippen LogP contribution in [0.1, 0.15) is 27.0 Å². The topological polar surface area (TPSA) is 66.2 Å². The highest BCUT2D eigenvalue weighted by Gasteiger charge is 2.25. The Morgan fingerprint density at radius 3 is 2.67 bits per heavy atom. The van der Waals surface area contributed by atoms with Gasteiger partial charge in [0, 0.05) is 31.0 Å². The molecule has 27 heavy (non-hydrogen) atoms. The van der Waals surface area contributed by atoms with Crippen molar-refractivity contribution in [3.8, 4) is 17.6 Å². The number of carbonyl (C=O) groups excluding carboxylic acids is 1. The molecule has 0 unspecified atom stereocenters. The molecule has 1 aliphatic heterocycles. The average molecular weight is 355 g/mol. The zero-order valence-corrected chi connectivity index (χ0v) is 14.6. The summed E-state index contributed by atoms with van der Waals surface area (Å²) >= 11 is 0. The first-order valence-electron chi connectivity index (χ1n) is 8.72. The van der Waals surface area contributed by atoms with Crippen LogP contribution in [0.3, 0.4) is 0 Å². The van der Waals surface area contributed by atoms with Gasteiger partial charge < -0.3 is 9.64 Å². The van der Waals surface area contributed by atoms with Gasteiger partial charge in [0.15, 0.2) is 0 Å². The van der Waals surface area contributed by atoms with Crippen molar-refractivity contribution in [2.45, 2.75) is 13.0 Å². The molecule has 0 N–H and O–H groups in total. The number of ether oxygens (including phenoxy) is 1. The molecule has 1 amide bonds. The molecule has 0 radical (unpaired) electrons. The Labute approximate surface area is 157 Å². The van der Waals surface area contributed by atoms with Gasteiger partial charge in [-0.25, -0.2) is 0 Å². The van der Waals surface area contributed by atoms with Gasteiger partial charge >= 0.3 is 0 Å². The lowest BCUT2D eigenvalue weighted by molar-refractivity contribution is 0.0726. The molecule has 4 rings (SSSR count). The number of pyridine rings is 1. The fourth-order valence-electron chi connectivity index (χ4n) is 3.16. The van der Waals surface area contributed by atoms with E-state index in [1.54, 1.807) is 42.7 Å². The second kappa shape index (κ2) is 7.30. The molecular weight excluding hydrogens is 338 g/mol. The number of benzene rings is 2. The van der Waals surface area contributed by atoms with Gasteiger partial charge in [-0.1, -0.05) is 12.1 Å². The van der Waals surface area contributed by atoms with Crippen molar-refractivity contribution < 1.29 is 9.53 Å². The Morgan fingerprint density at radius 2 is 1.93 bits per heavy atom. The van der Waals surface area contributed by atoms with Crippen LogP contribution >= 0.6 is 0 Å². The third kappa shape index (κ3) is 3.65. The lowest BCUT2D eigenvalue weighted by Gasteiger charge is -2.28. The summed E-state index contributed by atoms with van der Waals surface area (Å²) in [5.41, 5.74) is 3.30. The minimum absolute atomic E-state index is 0.00498. The number of nitrogens with zero attached hydrogens (tertiary/aromatic N) is 3. The molecule has 2 aromatic carbocycles. The smallest absolute Gasteiger partial charge is 0.254 e. The third-order valence-corrected chi connectivity index (χ3v) is 4.57. The summed E-state index contributed by atoms with van der Waals surface area (Å²) < 4.78 is 5.86. The number of rotatable bonds is 4. The molecule has 132 valence electrons. The maximum absolute atomic E-state index is 12.9. The van der Waals surface area contributed by atoms with E-state index in [1.807, 2.05) is 29.2 Å². The number of aromatic nitrogens is 1. The lowest BCUT2D eigenvalue weighted by Crippen LogP contribution is -2.37. The van der Waals surface area contributed by atoms with E-state index in [1.165, 1.54) is 0 Å². The maximum atomic E-state index is 12.9. The van der Waals surface area contributed by atoms with Crippen LogP contribution in [0, 0.1) is 11.3 Å². The molecule has 0 saturated heterocycles. The molecule has 0 bridgehead atoms. The summed E-state index contributed by atoms with van der Waals surface area (Å²) in [7, 11) is 0. The van der Waals surface area contributed by atoms with E-state index >= 15 is 0 Å². The van der Waals surface area contributed by atoms with Gasteiger partial charge in [0.1, 0.15) is 11.5 Å². The number of fused-ring (bicyclic) bond motifs is 1. The molecule has 0 atom stereocenters. The molecule has 0 spiro atoms. The van der Waals surface area contributed by atoms with Crippen LogP contribution < -0.4 is 4.74 Å². The summed E-state index contributed by atoms with van der Waals surface area (Å²) in [5.74, 6) is 1.24. The highest BCUT2D eigenvalue weighted by Crippen LogP contribution is 2.28. The normalized spacial score (nSPS) is 13.0. The second-order valence-corrected chi connectivity index (χ2v) is 6.40. The first-order chi connectivity index (χ1) is 13.2. The average Bonchev–Trinajstić information content (AvgIpc) is 2.72. The zero-order valence-electron chi connectivity index (χ0n) is 14.6. The molecule has 5 nitrogen and oxygen atoms in total. The van der Waals surface area contributed by atoms with E-state index in [0.717, 1.165) is 17.5 Å². The highest BCUT2D eigenvalue weighted by molar-refractivity contribution is 5.97. The molecule has 0 fully saturated rings. The van der Waals surface area contributed by atoms with Crippen LogP contribution in [0.4, 0.5) is 0 Å². The Hall–Kier alpha value is -3.65. The number of hydrogen-bond donors (Lipinski definition) is 0. The van der Waals surface area contributed by atoms with Crippen LogP contribution in [0.15, 0.2) is 67.0 Å². The fourth-order valence-corrected chi connectivity index (χ4v) is 3.16. The molecule has 3 aromatic rings. The highest BCUT2D eigenvalue weighted by atomic mass is 16.5. The van der Waals surface area contributed by atoms with E-state index in [9.17, 15) is 4.79 Å². The molecule has 0 saturated carbocycles. The first-order valence-corrected chi connectivity index (χ1v) is 8.72. The Balaban J connectivity index is 1.54. The maximum Gasteiger partial charge on any atom is 0.254 e. The van der Waals surface area contributed by atoms with Crippen molar-refractivity contribution in [3.05, 3.63) is 89.2 Å². The molecule has 2 heterocycles. The van der Waals surface area contributed by atoms with E-state index in [0.29, 0.717) is 35.7 Å². The van der Waals surface area contributed by atoms with E-state index in [4.69, 9.17) is 10.00 Å². The SMILES string of the molecule is N#Cc1ccc(Oc2ccc3c(c2)C(=O)N(Cc2cccnc2)CC3)cc1. The summed E-state index contributed by atoms with van der Waals surface area (Å²) in [6.45, 7) is 1.24. The predicted octanol–water partition coefficient (Wildman–Crippen LogP) is 3.94. The number of carbonyl (C=O) groups is 1. The summed E-state index contributed by atoms with van der Waals surface area (Å²) in [5, 5.41) is 8.87. The van der Waals surface area contributed by atoms with Crippen LogP contribution in [-0.4, -0.2) is 22.3 Å². The number of hydrogen-bond acceptors (Lipinski definition) is 4. The third-order valence-electron chi connectivity index (χ3n) is 4.57. The summed E-state index contributed by atoms with van der Waals surface area (Å²) in [6.07, 6.45) is 4.33. The molecule has 1 aromatic heterocycles. The van der Waals surface area contributed by atoms with Gasteiger partial charge in [-0.3, -0.25) is 9.78 Å². The largest absolute Gasteiger partial charge is 0.457 e. The minimum atomic E-state index is 0.00498. The lowest BCUT2D eigenvalue weighted by atomic mass is 9.98.